The number of amides is 1. The molecular formula is C17H17BrN2O4. The first-order valence-electron chi connectivity index (χ1n) is 6.98. The van der Waals surface area contributed by atoms with Gasteiger partial charge in [-0.25, -0.2) is 5.43 Å². The van der Waals surface area contributed by atoms with Crippen molar-refractivity contribution in [3.05, 3.63) is 52.0 Å². The van der Waals surface area contributed by atoms with Gasteiger partial charge in [0.25, 0.3) is 5.91 Å². The van der Waals surface area contributed by atoms with Crippen LogP contribution < -0.4 is 19.6 Å². The summed E-state index contributed by atoms with van der Waals surface area (Å²) >= 11 is 3.38. The zero-order valence-electron chi connectivity index (χ0n) is 13.5. The van der Waals surface area contributed by atoms with Gasteiger partial charge in [0.15, 0.2) is 11.5 Å². The lowest BCUT2D eigenvalue weighted by molar-refractivity contribution is 0.0954. The fourth-order valence-electron chi connectivity index (χ4n) is 2.03. The summed E-state index contributed by atoms with van der Waals surface area (Å²) in [6.07, 6.45) is 1.56. The molecule has 0 aromatic heterocycles. The number of benzene rings is 2. The van der Waals surface area contributed by atoms with Gasteiger partial charge >= 0.3 is 0 Å². The van der Waals surface area contributed by atoms with E-state index in [1.807, 2.05) is 24.3 Å². The normalized spacial score (nSPS) is 10.5. The Balaban J connectivity index is 2.17. The maximum absolute atomic E-state index is 12.3. The Morgan fingerprint density at radius 2 is 1.75 bits per heavy atom. The van der Waals surface area contributed by atoms with Gasteiger partial charge in [-0.1, -0.05) is 28.1 Å². The van der Waals surface area contributed by atoms with Gasteiger partial charge in [-0.15, -0.1) is 0 Å². The van der Waals surface area contributed by atoms with E-state index >= 15 is 0 Å². The monoisotopic (exact) mass is 392 g/mol. The number of hydrazone groups is 1. The van der Waals surface area contributed by atoms with Crippen molar-refractivity contribution in [2.45, 2.75) is 0 Å². The van der Waals surface area contributed by atoms with Gasteiger partial charge in [-0.2, -0.15) is 5.10 Å². The number of rotatable bonds is 6. The lowest BCUT2D eigenvalue weighted by Gasteiger charge is -2.13. The van der Waals surface area contributed by atoms with E-state index in [1.54, 1.807) is 18.3 Å². The highest BCUT2D eigenvalue weighted by Gasteiger charge is 2.16. The fraction of sp³-hybridized carbons (Fsp3) is 0.176. The van der Waals surface area contributed by atoms with Crippen LogP contribution in [0.5, 0.6) is 17.2 Å². The van der Waals surface area contributed by atoms with E-state index in [4.69, 9.17) is 14.2 Å². The molecule has 0 spiro atoms. The quantitative estimate of drug-likeness (QED) is 0.605. The molecule has 0 radical (unpaired) electrons. The van der Waals surface area contributed by atoms with Crippen LogP contribution in [0.1, 0.15) is 15.9 Å². The molecule has 0 heterocycles. The summed E-state index contributed by atoms with van der Waals surface area (Å²) in [7, 11) is 4.48. The highest BCUT2D eigenvalue weighted by molar-refractivity contribution is 9.10. The van der Waals surface area contributed by atoms with Crippen LogP contribution in [-0.4, -0.2) is 33.5 Å². The minimum absolute atomic E-state index is 0.343. The first kappa shape index (κ1) is 17.8. The lowest BCUT2D eigenvalue weighted by atomic mass is 10.1. The highest BCUT2D eigenvalue weighted by Crippen LogP contribution is 2.38. The molecular weight excluding hydrogens is 376 g/mol. The average Bonchev–Trinajstić information content (AvgIpc) is 2.60. The molecule has 0 unspecified atom stereocenters. The minimum Gasteiger partial charge on any atom is -0.493 e. The maximum atomic E-state index is 12.3. The summed E-state index contributed by atoms with van der Waals surface area (Å²) in [6.45, 7) is 0. The fourth-order valence-corrected chi connectivity index (χ4v) is 2.45. The molecule has 0 saturated carbocycles. The molecule has 7 heteroatoms. The standard InChI is InChI=1S/C17H17BrN2O4/c1-22-14-8-12(9-15(23-2)16(14)24-3)17(21)20-19-10-11-5-4-6-13(18)7-11/h4-10H,1-3H3,(H,20,21)/b19-10+. The van der Waals surface area contributed by atoms with Crippen molar-refractivity contribution in [2.24, 2.45) is 5.10 Å². The Bertz CT molecular complexity index is 737. The number of carbonyl (C=O) groups is 1. The predicted octanol–water partition coefficient (Wildman–Crippen LogP) is 3.24. The molecule has 2 aromatic carbocycles. The molecule has 6 nitrogen and oxygen atoms in total. The summed E-state index contributed by atoms with van der Waals surface area (Å²) in [5.74, 6) is 0.839. The Kier molecular flexibility index (Phi) is 6.20. The van der Waals surface area contributed by atoms with Crippen molar-refractivity contribution in [1.82, 2.24) is 5.43 Å². The van der Waals surface area contributed by atoms with Gasteiger partial charge in [-0.05, 0) is 29.8 Å². The third kappa shape index (κ3) is 4.26. The Hall–Kier alpha value is -2.54. The van der Waals surface area contributed by atoms with Crippen molar-refractivity contribution in [2.75, 3.05) is 21.3 Å². The summed E-state index contributed by atoms with van der Waals surface area (Å²) in [4.78, 5) is 12.3. The van der Waals surface area contributed by atoms with Crippen molar-refractivity contribution < 1.29 is 19.0 Å². The van der Waals surface area contributed by atoms with Crippen LogP contribution in [0, 0.1) is 0 Å². The predicted molar refractivity (Wildman–Crippen MR) is 95.3 cm³/mol. The Morgan fingerprint density at radius 1 is 1.08 bits per heavy atom. The first-order chi connectivity index (χ1) is 11.6. The Labute approximate surface area is 148 Å². The number of nitrogens with one attached hydrogen (secondary N) is 1. The third-order valence-electron chi connectivity index (χ3n) is 3.16. The molecule has 0 atom stereocenters. The summed E-state index contributed by atoms with van der Waals surface area (Å²) < 4.78 is 16.6. The first-order valence-corrected chi connectivity index (χ1v) is 7.77. The maximum Gasteiger partial charge on any atom is 0.271 e. The van der Waals surface area contributed by atoms with Gasteiger partial charge in [0.05, 0.1) is 27.5 Å². The number of hydrogen-bond acceptors (Lipinski definition) is 5. The van der Waals surface area contributed by atoms with Crippen molar-refractivity contribution in [3.63, 3.8) is 0 Å². The van der Waals surface area contributed by atoms with E-state index in [9.17, 15) is 4.79 Å². The smallest absolute Gasteiger partial charge is 0.271 e. The second kappa shape index (κ2) is 8.35. The second-order valence-electron chi connectivity index (χ2n) is 4.67. The molecule has 2 rings (SSSR count). The number of nitrogens with zero attached hydrogens (tertiary/aromatic N) is 1. The van der Waals surface area contributed by atoms with Gasteiger partial charge in [0, 0.05) is 10.0 Å². The lowest BCUT2D eigenvalue weighted by Crippen LogP contribution is -2.18. The molecule has 24 heavy (non-hydrogen) atoms. The molecule has 0 bridgehead atoms. The van der Waals surface area contributed by atoms with Crippen LogP contribution in [0.4, 0.5) is 0 Å². The minimum atomic E-state index is -0.388. The number of carbonyl (C=O) groups excluding carboxylic acids is 1. The summed E-state index contributed by atoms with van der Waals surface area (Å²) in [5.41, 5.74) is 3.67. The number of hydrogen-bond donors (Lipinski definition) is 1. The van der Waals surface area contributed by atoms with Crippen LogP contribution in [0.25, 0.3) is 0 Å². The summed E-state index contributed by atoms with van der Waals surface area (Å²) in [6, 6.07) is 10.7. The molecule has 126 valence electrons. The molecule has 0 aliphatic rings. The topological polar surface area (TPSA) is 69.2 Å². The second-order valence-corrected chi connectivity index (χ2v) is 5.58. The van der Waals surface area contributed by atoms with Crippen molar-refractivity contribution in [1.29, 1.82) is 0 Å². The van der Waals surface area contributed by atoms with Crippen molar-refractivity contribution in [3.8, 4) is 17.2 Å². The van der Waals surface area contributed by atoms with E-state index in [1.165, 1.54) is 21.3 Å². The van der Waals surface area contributed by atoms with E-state index in [0.717, 1.165) is 10.0 Å². The van der Waals surface area contributed by atoms with E-state index in [2.05, 4.69) is 26.5 Å². The van der Waals surface area contributed by atoms with E-state index in [-0.39, 0.29) is 5.91 Å². The van der Waals surface area contributed by atoms with Crippen molar-refractivity contribution >= 4 is 28.1 Å². The molecule has 2 aromatic rings. The zero-order chi connectivity index (χ0) is 17.5. The average molecular weight is 393 g/mol. The van der Waals surface area contributed by atoms with Gasteiger partial charge in [0.1, 0.15) is 0 Å². The SMILES string of the molecule is COc1cc(C(=O)N/N=C/c2cccc(Br)c2)cc(OC)c1OC. The molecule has 0 aliphatic carbocycles. The molecule has 0 aliphatic heterocycles. The van der Waals surface area contributed by atoms with Crippen LogP contribution in [-0.2, 0) is 0 Å². The van der Waals surface area contributed by atoms with E-state index < -0.39 is 0 Å². The number of ether oxygens (including phenoxy) is 3. The number of halogens is 1. The van der Waals surface area contributed by atoms with Crippen LogP contribution in [0.3, 0.4) is 0 Å². The van der Waals surface area contributed by atoms with Gasteiger partial charge in [-0.3, -0.25) is 4.79 Å². The molecule has 1 N–H and O–H groups in total. The van der Waals surface area contributed by atoms with Gasteiger partial charge < -0.3 is 14.2 Å². The van der Waals surface area contributed by atoms with Crippen LogP contribution in [0.2, 0.25) is 0 Å². The van der Waals surface area contributed by atoms with Crippen LogP contribution in [0.15, 0.2) is 46.0 Å². The zero-order valence-corrected chi connectivity index (χ0v) is 15.1. The van der Waals surface area contributed by atoms with Crippen LogP contribution >= 0.6 is 15.9 Å². The number of methoxy groups -OCH3 is 3. The molecule has 0 fully saturated rings. The molecule has 1 amide bonds. The summed E-state index contributed by atoms with van der Waals surface area (Å²) in [5, 5.41) is 3.95. The molecule has 0 saturated heterocycles. The van der Waals surface area contributed by atoms with E-state index in [0.29, 0.717) is 22.8 Å². The Morgan fingerprint density at radius 3 is 2.29 bits per heavy atom. The largest absolute Gasteiger partial charge is 0.493 e. The van der Waals surface area contributed by atoms with Gasteiger partial charge in [0.2, 0.25) is 5.75 Å². The third-order valence-corrected chi connectivity index (χ3v) is 3.65. The highest BCUT2D eigenvalue weighted by atomic mass is 79.9.